The van der Waals surface area contributed by atoms with E-state index in [0.717, 1.165) is 24.2 Å². The molecule has 2 aromatic heterocycles. The van der Waals surface area contributed by atoms with Crippen molar-refractivity contribution in [3.8, 4) is 0 Å². The minimum absolute atomic E-state index is 0.166. The zero-order valence-corrected chi connectivity index (χ0v) is 15.2. The number of nitrogens with zero attached hydrogens (tertiary/aromatic N) is 2. The highest BCUT2D eigenvalue weighted by Crippen LogP contribution is 2.30. The van der Waals surface area contributed by atoms with Gasteiger partial charge in [-0.25, -0.2) is 0 Å². The largest absolute Gasteiger partial charge is 0.456 e. The van der Waals surface area contributed by atoms with Crippen molar-refractivity contribution in [1.82, 2.24) is 15.5 Å². The Morgan fingerprint density at radius 1 is 1.28 bits per heavy atom. The molecular formula is C18H25N3O4. The van der Waals surface area contributed by atoms with E-state index in [-0.39, 0.29) is 23.8 Å². The lowest BCUT2D eigenvalue weighted by Gasteiger charge is -2.28. The molecule has 1 N–H and O–H groups in total. The SMILES string of the molecule is Cc1cc(C(=O)N[C@@H](c2nc(C(C)C)no2)C2CCOCC2)oc1C. The van der Waals surface area contributed by atoms with Crippen LogP contribution in [0.4, 0.5) is 0 Å². The van der Waals surface area contributed by atoms with Crippen LogP contribution in [-0.4, -0.2) is 29.3 Å². The Balaban J connectivity index is 1.83. The number of amides is 1. The summed E-state index contributed by atoms with van der Waals surface area (Å²) in [5.74, 6) is 2.23. The van der Waals surface area contributed by atoms with Crippen LogP contribution in [0, 0.1) is 19.8 Å². The summed E-state index contributed by atoms with van der Waals surface area (Å²) < 4.78 is 16.4. The summed E-state index contributed by atoms with van der Waals surface area (Å²) in [7, 11) is 0. The molecule has 7 heteroatoms. The number of aromatic nitrogens is 2. The Labute approximate surface area is 147 Å². The second-order valence-electron chi connectivity index (χ2n) is 6.90. The van der Waals surface area contributed by atoms with Crippen LogP contribution in [0.5, 0.6) is 0 Å². The Bertz CT molecular complexity index is 709. The molecule has 0 saturated carbocycles. The molecule has 3 rings (SSSR count). The van der Waals surface area contributed by atoms with Gasteiger partial charge in [-0.2, -0.15) is 4.98 Å². The molecule has 0 aliphatic carbocycles. The maximum absolute atomic E-state index is 12.7. The number of carbonyl (C=O) groups excluding carboxylic acids is 1. The van der Waals surface area contributed by atoms with E-state index in [1.807, 2.05) is 27.7 Å². The highest BCUT2D eigenvalue weighted by molar-refractivity contribution is 5.92. The van der Waals surface area contributed by atoms with Crippen LogP contribution >= 0.6 is 0 Å². The number of hydrogen-bond donors (Lipinski definition) is 1. The van der Waals surface area contributed by atoms with Crippen molar-refractivity contribution in [3.63, 3.8) is 0 Å². The third kappa shape index (κ3) is 3.92. The van der Waals surface area contributed by atoms with Gasteiger partial charge in [0.2, 0.25) is 5.89 Å². The minimum Gasteiger partial charge on any atom is -0.456 e. The first-order valence-corrected chi connectivity index (χ1v) is 8.75. The van der Waals surface area contributed by atoms with E-state index >= 15 is 0 Å². The quantitative estimate of drug-likeness (QED) is 0.892. The molecule has 7 nitrogen and oxygen atoms in total. The van der Waals surface area contributed by atoms with Crippen LogP contribution in [0.3, 0.4) is 0 Å². The van der Waals surface area contributed by atoms with E-state index in [0.29, 0.717) is 30.7 Å². The molecule has 0 radical (unpaired) electrons. The lowest BCUT2D eigenvalue weighted by molar-refractivity contribution is 0.0463. The summed E-state index contributed by atoms with van der Waals surface area (Å²) in [4.78, 5) is 17.1. The fourth-order valence-electron chi connectivity index (χ4n) is 2.94. The second kappa shape index (κ2) is 7.39. The summed E-state index contributed by atoms with van der Waals surface area (Å²) in [6, 6.07) is 1.40. The van der Waals surface area contributed by atoms with Gasteiger partial charge in [-0.3, -0.25) is 4.79 Å². The van der Waals surface area contributed by atoms with Crippen molar-refractivity contribution < 1.29 is 18.5 Å². The molecule has 25 heavy (non-hydrogen) atoms. The van der Waals surface area contributed by atoms with Crippen molar-refractivity contribution in [1.29, 1.82) is 0 Å². The molecule has 0 bridgehead atoms. The average Bonchev–Trinajstić information content (AvgIpc) is 3.21. The van der Waals surface area contributed by atoms with Crippen LogP contribution in [0.1, 0.15) is 72.2 Å². The van der Waals surface area contributed by atoms with Crippen molar-refractivity contribution >= 4 is 5.91 Å². The molecule has 0 aromatic carbocycles. The number of aryl methyl sites for hydroxylation is 2. The third-order valence-electron chi connectivity index (χ3n) is 4.65. The normalized spacial score (nSPS) is 17.0. The Morgan fingerprint density at radius 2 is 2.00 bits per heavy atom. The van der Waals surface area contributed by atoms with Gasteiger partial charge in [-0.15, -0.1) is 0 Å². The molecular weight excluding hydrogens is 322 g/mol. The smallest absolute Gasteiger partial charge is 0.287 e. The summed E-state index contributed by atoms with van der Waals surface area (Å²) in [5.41, 5.74) is 0.952. The van der Waals surface area contributed by atoms with Gasteiger partial charge in [0, 0.05) is 19.1 Å². The first-order chi connectivity index (χ1) is 12.0. The molecule has 0 unspecified atom stereocenters. The molecule has 136 valence electrons. The van der Waals surface area contributed by atoms with Crippen molar-refractivity contribution in [2.45, 2.75) is 52.5 Å². The van der Waals surface area contributed by atoms with Gasteiger partial charge in [-0.05, 0) is 44.2 Å². The number of carbonyl (C=O) groups is 1. The zero-order chi connectivity index (χ0) is 18.0. The monoisotopic (exact) mass is 347 g/mol. The molecule has 1 fully saturated rings. The predicted molar refractivity (Wildman–Crippen MR) is 90.3 cm³/mol. The fraction of sp³-hybridized carbons (Fsp3) is 0.611. The number of furan rings is 1. The number of hydrogen-bond acceptors (Lipinski definition) is 6. The van der Waals surface area contributed by atoms with Crippen LogP contribution in [0.2, 0.25) is 0 Å². The first-order valence-electron chi connectivity index (χ1n) is 8.75. The summed E-state index contributed by atoms with van der Waals surface area (Å²) in [6.45, 7) is 9.10. The van der Waals surface area contributed by atoms with Gasteiger partial charge in [0.25, 0.3) is 5.91 Å². The van der Waals surface area contributed by atoms with Gasteiger partial charge in [-0.1, -0.05) is 19.0 Å². The molecule has 1 saturated heterocycles. The van der Waals surface area contributed by atoms with Crippen molar-refractivity contribution in [2.24, 2.45) is 5.92 Å². The summed E-state index contributed by atoms with van der Waals surface area (Å²) in [5, 5.41) is 7.07. The number of rotatable bonds is 5. The van der Waals surface area contributed by atoms with E-state index in [1.165, 1.54) is 0 Å². The van der Waals surface area contributed by atoms with E-state index in [4.69, 9.17) is 13.7 Å². The topological polar surface area (TPSA) is 90.4 Å². The number of nitrogens with one attached hydrogen (secondary N) is 1. The molecule has 2 aromatic rings. The first kappa shape index (κ1) is 17.7. The average molecular weight is 347 g/mol. The van der Waals surface area contributed by atoms with Gasteiger partial charge in [0.15, 0.2) is 11.6 Å². The van der Waals surface area contributed by atoms with Crippen molar-refractivity contribution in [3.05, 3.63) is 34.9 Å². The number of ether oxygens (including phenoxy) is 1. The van der Waals surface area contributed by atoms with Gasteiger partial charge >= 0.3 is 0 Å². The van der Waals surface area contributed by atoms with E-state index in [1.54, 1.807) is 6.07 Å². The molecule has 1 atom stereocenters. The lowest BCUT2D eigenvalue weighted by atomic mass is 9.91. The van der Waals surface area contributed by atoms with E-state index in [9.17, 15) is 4.79 Å². The van der Waals surface area contributed by atoms with Crippen molar-refractivity contribution in [2.75, 3.05) is 13.2 Å². The summed E-state index contributed by atoms with van der Waals surface area (Å²) in [6.07, 6.45) is 1.67. The maximum atomic E-state index is 12.7. The Kier molecular flexibility index (Phi) is 5.22. The lowest BCUT2D eigenvalue weighted by Crippen LogP contribution is -2.36. The fourth-order valence-corrected chi connectivity index (χ4v) is 2.94. The predicted octanol–water partition coefficient (Wildman–Crippen LogP) is 3.30. The second-order valence-corrected chi connectivity index (χ2v) is 6.90. The highest BCUT2D eigenvalue weighted by Gasteiger charge is 2.32. The van der Waals surface area contributed by atoms with Crippen LogP contribution in [0.25, 0.3) is 0 Å². The standard InChI is InChI=1S/C18H25N3O4/c1-10(2)16-20-18(25-21-16)15(13-5-7-23-8-6-13)19-17(22)14-9-11(3)12(4)24-14/h9-10,13,15H,5-8H2,1-4H3,(H,19,22)/t15-/m1/s1. The van der Waals surface area contributed by atoms with Crippen LogP contribution in [-0.2, 0) is 4.74 Å². The molecule has 1 aliphatic heterocycles. The van der Waals surface area contributed by atoms with Crippen LogP contribution < -0.4 is 5.32 Å². The molecule has 1 amide bonds. The van der Waals surface area contributed by atoms with Crippen LogP contribution in [0.15, 0.2) is 15.0 Å². The van der Waals surface area contributed by atoms with E-state index in [2.05, 4.69) is 15.5 Å². The van der Waals surface area contributed by atoms with Gasteiger partial charge in [0.1, 0.15) is 11.8 Å². The van der Waals surface area contributed by atoms with E-state index < -0.39 is 0 Å². The molecule has 3 heterocycles. The third-order valence-corrected chi connectivity index (χ3v) is 4.65. The highest BCUT2D eigenvalue weighted by atomic mass is 16.5. The maximum Gasteiger partial charge on any atom is 0.287 e. The molecule has 0 spiro atoms. The Hall–Kier alpha value is -2.15. The summed E-state index contributed by atoms with van der Waals surface area (Å²) >= 11 is 0. The van der Waals surface area contributed by atoms with Gasteiger partial charge < -0.3 is 19.0 Å². The molecule has 1 aliphatic rings. The zero-order valence-electron chi connectivity index (χ0n) is 15.2. The minimum atomic E-state index is -0.345. The van der Waals surface area contributed by atoms with Gasteiger partial charge in [0.05, 0.1) is 0 Å². The Morgan fingerprint density at radius 3 is 2.56 bits per heavy atom.